The summed E-state index contributed by atoms with van der Waals surface area (Å²) in [5.41, 5.74) is 2.09. The number of nitrogens with one attached hydrogen (secondary N) is 2. The maximum absolute atomic E-state index is 12.4. The fourth-order valence-electron chi connectivity index (χ4n) is 4.95. The van der Waals surface area contributed by atoms with E-state index in [4.69, 9.17) is 9.47 Å². The molecule has 1 fully saturated rings. The normalized spacial score (nSPS) is 24.4. The van der Waals surface area contributed by atoms with Crippen molar-refractivity contribution in [3.63, 3.8) is 0 Å². The van der Waals surface area contributed by atoms with Crippen molar-refractivity contribution in [3.05, 3.63) is 47.6 Å². The third-order valence-corrected chi connectivity index (χ3v) is 7.75. The van der Waals surface area contributed by atoms with Gasteiger partial charge in [-0.1, -0.05) is 24.3 Å². The van der Waals surface area contributed by atoms with Gasteiger partial charge in [0.15, 0.2) is 0 Å². The zero-order valence-corrected chi connectivity index (χ0v) is 24.1. The molecule has 206 valence electrons. The number of allylic oxidation sites excluding steroid dienone is 2. The Labute approximate surface area is 222 Å². The first-order valence-corrected chi connectivity index (χ1v) is 14.8. The average molecular weight is 534 g/mol. The Kier molecular flexibility index (Phi) is 9.14. The van der Waals surface area contributed by atoms with Crippen molar-refractivity contribution in [1.82, 2.24) is 14.9 Å². The SMILES string of the molecule is COc1ccc(C2=CCC(C)(NS(C)(=O)=O)C=C2)cc1CN[C@H]1CC[C@H](N(C)C(=O)OC(C)(C)C)CC1. The number of sulfonamides is 1. The van der Waals surface area contributed by atoms with Crippen molar-refractivity contribution in [2.75, 3.05) is 20.4 Å². The van der Waals surface area contributed by atoms with Gasteiger partial charge in [0.05, 0.1) is 18.9 Å². The van der Waals surface area contributed by atoms with E-state index in [2.05, 4.69) is 22.2 Å². The van der Waals surface area contributed by atoms with Crippen LogP contribution in [0, 0.1) is 0 Å². The molecule has 37 heavy (non-hydrogen) atoms. The minimum absolute atomic E-state index is 0.193. The van der Waals surface area contributed by atoms with Crippen LogP contribution in [0.15, 0.2) is 36.4 Å². The van der Waals surface area contributed by atoms with Crippen LogP contribution in [0.3, 0.4) is 0 Å². The fraction of sp³-hybridized carbons (Fsp3) is 0.607. The number of benzene rings is 1. The average Bonchev–Trinajstić information content (AvgIpc) is 2.80. The Morgan fingerprint density at radius 2 is 1.86 bits per heavy atom. The number of hydrogen-bond donors (Lipinski definition) is 2. The van der Waals surface area contributed by atoms with Crippen molar-refractivity contribution in [1.29, 1.82) is 0 Å². The molecule has 1 saturated carbocycles. The molecule has 0 spiro atoms. The molecule has 1 unspecified atom stereocenters. The lowest BCUT2D eigenvalue weighted by Crippen LogP contribution is -2.44. The first-order valence-electron chi connectivity index (χ1n) is 12.9. The van der Waals surface area contributed by atoms with Gasteiger partial charge in [-0.2, -0.15) is 0 Å². The van der Waals surface area contributed by atoms with Crippen molar-refractivity contribution >= 4 is 21.7 Å². The van der Waals surface area contributed by atoms with Crippen molar-refractivity contribution in [3.8, 4) is 5.75 Å². The lowest BCUT2D eigenvalue weighted by atomic mass is 9.88. The van der Waals surface area contributed by atoms with Crippen LogP contribution >= 0.6 is 0 Å². The lowest BCUT2D eigenvalue weighted by molar-refractivity contribution is 0.0179. The number of carbonyl (C=O) groups excluding carboxylic acids is 1. The van der Waals surface area contributed by atoms with E-state index in [1.54, 1.807) is 12.0 Å². The Bertz CT molecular complexity index is 1130. The molecule has 0 aromatic heterocycles. The second-order valence-corrected chi connectivity index (χ2v) is 13.2. The van der Waals surface area contributed by atoms with Crippen molar-refractivity contribution in [2.45, 2.75) is 89.6 Å². The summed E-state index contributed by atoms with van der Waals surface area (Å²) in [4.78, 5) is 14.2. The Hall–Kier alpha value is -2.36. The van der Waals surface area contributed by atoms with Crippen LogP contribution in [0.2, 0.25) is 0 Å². The first-order chi connectivity index (χ1) is 17.2. The number of rotatable bonds is 8. The Balaban J connectivity index is 1.58. The second-order valence-electron chi connectivity index (χ2n) is 11.5. The summed E-state index contributed by atoms with van der Waals surface area (Å²) < 4.78 is 37.2. The summed E-state index contributed by atoms with van der Waals surface area (Å²) in [6.45, 7) is 8.21. The number of ether oxygens (including phenoxy) is 2. The zero-order valence-electron chi connectivity index (χ0n) is 23.3. The summed E-state index contributed by atoms with van der Waals surface area (Å²) >= 11 is 0. The monoisotopic (exact) mass is 533 g/mol. The topological polar surface area (TPSA) is 97.0 Å². The maximum atomic E-state index is 12.4. The first kappa shape index (κ1) is 29.2. The highest BCUT2D eigenvalue weighted by molar-refractivity contribution is 7.88. The molecule has 0 heterocycles. The largest absolute Gasteiger partial charge is 0.496 e. The van der Waals surface area contributed by atoms with E-state index < -0.39 is 21.2 Å². The van der Waals surface area contributed by atoms with Gasteiger partial charge < -0.3 is 19.7 Å². The number of amides is 1. The number of carbonyl (C=O) groups is 1. The van der Waals surface area contributed by atoms with Gasteiger partial charge in [0.25, 0.3) is 0 Å². The molecule has 3 rings (SSSR count). The van der Waals surface area contributed by atoms with Crippen LogP contribution in [0.25, 0.3) is 5.57 Å². The molecule has 2 aliphatic carbocycles. The van der Waals surface area contributed by atoms with Crippen LogP contribution in [0.5, 0.6) is 5.75 Å². The Morgan fingerprint density at radius 1 is 1.19 bits per heavy atom. The standard InChI is InChI=1S/C28H43N3O5S/c1-27(2,3)36-26(32)31(5)24-11-9-23(10-12-24)29-19-22-18-21(8-13-25(22)35-6)20-14-16-28(4,17-15-20)30-37(7,33)34/h8,13-16,18,23-24,29-30H,9-12,17,19H2,1-7H3/t23-,24-,28?. The van der Waals surface area contributed by atoms with Gasteiger partial charge in [-0.15, -0.1) is 0 Å². The molecule has 8 nitrogen and oxygen atoms in total. The van der Waals surface area contributed by atoms with Gasteiger partial charge in [0.2, 0.25) is 10.0 Å². The van der Waals surface area contributed by atoms with E-state index in [0.717, 1.165) is 48.1 Å². The quantitative estimate of drug-likeness (QED) is 0.506. The molecule has 1 amide bonds. The molecule has 0 aliphatic heterocycles. The van der Waals surface area contributed by atoms with Crippen molar-refractivity contribution < 1.29 is 22.7 Å². The molecular formula is C28H43N3O5S. The summed E-state index contributed by atoms with van der Waals surface area (Å²) in [6.07, 6.45) is 11.3. The van der Waals surface area contributed by atoms with Gasteiger partial charge in [-0.3, -0.25) is 0 Å². The lowest BCUT2D eigenvalue weighted by Gasteiger charge is -2.36. The predicted octanol–water partition coefficient (Wildman–Crippen LogP) is 4.61. The number of methoxy groups -OCH3 is 1. The molecule has 2 aliphatic rings. The molecule has 1 aromatic rings. The summed E-state index contributed by atoms with van der Waals surface area (Å²) in [6, 6.07) is 6.71. The molecular weight excluding hydrogens is 490 g/mol. The summed E-state index contributed by atoms with van der Waals surface area (Å²) in [7, 11) is 0.210. The molecule has 9 heteroatoms. The van der Waals surface area contributed by atoms with E-state index in [0.29, 0.717) is 19.0 Å². The van der Waals surface area contributed by atoms with Gasteiger partial charge in [0.1, 0.15) is 11.4 Å². The third kappa shape index (κ3) is 8.58. The van der Waals surface area contributed by atoms with E-state index in [1.807, 2.05) is 59.0 Å². The van der Waals surface area contributed by atoms with Crippen LogP contribution in [0.1, 0.15) is 70.9 Å². The molecule has 0 bridgehead atoms. The smallest absolute Gasteiger partial charge is 0.410 e. The predicted molar refractivity (Wildman–Crippen MR) is 148 cm³/mol. The molecule has 2 N–H and O–H groups in total. The highest BCUT2D eigenvalue weighted by Gasteiger charge is 2.29. The highest BCUT2D eigenvalue weighted by Crippen LogP contribution is 2.31. The third-order valence-electron chi connectivity index (χ3n) is 6.92. The summed E-state index contributed by atoms with van der Waals surface area (Å²) in [5.74, 6) is 0.832. The zero-order chi connectivity index (χ0) is 27.4. The van der Waals surface area contributed by atoms with E-state index in [1.165, 1.54) is 6.26 Å². The minimum Gasteiger partial charge on any atom is -0.496 e. The van der Waals surface area contributed by atoms with Gasteiger partial charge in [-0.05, 0) is 83.1 Å². The fourth-order valence-corrected chi connectivity index (χ4v) is 5.94. The molecule has 1 aromatic carbocycles. The summed E-state index contributed by atoms with van der Waals surface area (Å²) in [5, 5.41) is 3.68. The minimum atomic E-state index is -3.30. The van der Waals surface area contributed by atoms with Gasteiger partial charge in [-0.25, -0.2) is 17.9 Å². The van der Waals surface area contributed by atoms with E-state index in [-0.39, 0.29) is 12.1 Å². The van der Waals surface area contributed by atoms with Crippen LogP contribution in [-0.4, -0.2) is 63.0 Å². The number of hydrogen-bond acceptors (Lipinski definition) is 6. The second kappa shape index (κ2) is 11.6. The van der Waals surface area contributed by atoms with Crippen molar-refractivity contribution in [2.24, 2.45) is 0 Å². The van der Waals surface area contributed by atoms with Crippen LogP contribution in [-0.2, 0) is 21.3 Å². The van der Waals surface area contributed by atoms with Crippen LogP contribution in [0.4, 0.5) is 4.79 Å². The molecule has 1 atom stereocenters. The molecule has 0 saturated heterocycles. The maximum Gasteiger partial charge on any atom is 0.410 e. The molecule has 0 radical (unpaired) electrons. The highest BCUT2D eigenvalue weighted by atomic mass is 32.2. The van der Waals surface area contributed by atoms with Gasteiger partial charge in [0, 0.05) is 31.2 Å². The number of nitrogens with zero attached hydrogens (tertiary/aromatic N) is 1. The Morgan fingerprint density at radius 3 is 2.41 bits per heavy atom. The van der Waals surface area contributed by atoms with E-state index in [9.17, 15) is 13.2 Å². The van der Waals surface area contributed by atoms with Gasteiger partial charge >= 0.3 is 6.09 Å². The van der Waals surface area contributed by atoms with E-state index >= 15 is 0 Å². The van der Waals surface area contributed by atoms with Crippen LogP contribution < -0.4 is 14.8 Å².